The highest BCUT2D eigenvalue weighted by Gasteiger charge is 2.17. The van der Waals surface area contributed by atoms with Crippen LogP contribution in [0, 0.1) is 6.92 Å². The van der Waals surface area contributed by atoms with Gasteiger partial charge in [-0.05, 0) is 45.0 Å². The van der Waals surface area contributed by atoms with Crippen LogP contribution >= 0.6 is 23.1 Å². The van der Waals surface area contributed by atoms with Gasteiger partial charge in [0.15, 0.2) is 5.16 Å². The molecule has 0 fully saturated rings. The average molecular weight is 452 g/mol. The van der Waals surface area contributed by atoms with E-state index in [1.807, 2.05) is 63.2 Å². The Morgan fingerprint density at radius 3 is 2.61 bits per heavy atom. The fraction of sp³-hybridized carbons (Fsp3) is 0.227. The molecule has 0 saturated carbocycles. The van der Waals surface area contributed by atoms with Crippen molar-refractivity contribution in [1.29, 1.82) is 0 Å². The lowest BCUT2D eigenvalue weighted by Crippen LogP contribution is -2.25. The maximum atomic E-state index is 12.9. The Bertz CT molecular complexity index is 1300. The van der Waals surface area contributed by atoms with Gasteiger partial charge in [-0.25, -0.2) is 4.98 Å². The first-order valence-electron chi connectivity index (χ1n) is 9.77. The van der Waals surface area contributed by atoms with Crippen LogP contribution in [-0.4, -0.2) is 25.7 Å². The molecule has 7 nitrogen and oxygen atoms in total. The van der Waals surface area contributed by atoms with Gasteiger partial charge in [-0.15, -0.1) is 10.2 Å². The standard InChI is InChI=1S/C22H21N5O2S2/c1-13(2)27-21(29)16-6-4-5-7-17(16)24-22(27)30-12-18-25-26-20(31-18)19(28)23-15-10-8-14(3)9-11-15/h4-11,13H,12H2,1-3H3,(H,23,28). The quantitative estimate of drug-likeness (QED) is 0.338. The SMILES string of the molecule is Cc1ccc(NC(=O)c2nnc(CSc3nc4ccccc4c(=O)n3C(C)C)s2)cc1. The summed E-state index contributed by atoms with van der Waals surface area (Å²) < 4.78 is 1.69. The maximum Gasteiger partial charge on any atom is 0.286 e. The number of carbonyl (C=O) groups is 1. The number of para-hydroxylation sites is 1. The van der Waals surface area contributed by atoms with Crippen LogP contribution < -0.4 is 10.9 Å². The third-order valence-electron chi connectivity index (χ3n) is 4.59. The highest BCUT2D eigenvalue weighted by Crippen LogP contribution is 2.26. The molecule has 31 heavy (non-hydrogen) atoms. The molecule has 0 aliphatic rings. The summed E-state index contributed by atoms with van der Waals surface area (Å²) in [6.45, 7) is 5.91. The number of aryl methyl sites for hydroxylation is 1. The van der Waals surface area contributed by atoms with Crippen molar-refractivity contribution < 1.29 is 4.79 Å². The van der Waals surface area contributed by atoms with E-state index in [9.17, 15) is 9.59 Å². The minimum Gasteiger partial charge on any atom is -0.320 e. The van der Waals surface area contributed by atoms with E-state index in [0.29, 0.717) is 37.5 Å². The van der Waals surface area contributed by atoms with Crippen LogP contribution in [0.25, 0.3) is 10.9 Å². The number of hydrogen-bond donors (Lipinski definition) is 1. The topological polar surface area (TPSA) is 89.8 Å². The first-order chi connectivity index (χ1) is 14.9. The van der Waals surface area contributed by atoms with Gasteiger partial charge >= 0.3 is 0 Å². The molecule has 0 atom stereocenters. The van der Waals surface area contributed by atoms with Crippen molar-refractivity contribution in [1.82, 2.24) is 19.7 Å². The van der Waals surface area contributed by atoms with Gasteiger partial charge in [0.05, 0.1) is 16.7 Å². The molecule has 0 bridgehead atoms. The number of hydrogen-bond acceptors (Lipinski definition) is 7. The van der Waals surface area contributed by atoms with Gasteiger partial charge in [-0.1, -0.05) is 52.9 Å². The molecule has 0 radical (unpaired) electrons. The van der Waals surface area contributed by atoms with Crippen LogP contribution in [0.15, 0.2) is 58.5 Å². The van der Waals surface area contributed by atoms with E-state index in [1.54, 1.807) is 10.6 Å². The molecule has 2 aromatic heterocycles. The van der Waals surface area contributed by atoms with Crippen molar-refractivity contribution in [2.45, 2.75) is 37.7 Å². The lowest BCUT2D eigenvalue weighted by molar-refractivity contribution is 0.102. The molecule has 1 N–H and O–H groups in total. The molecule has 158 valence electrons. The molecule has 0 aliphatic carbocycles. The second-order valence-electron chi connectivity index (χ2n) is 7.29. The number of nitrogens with zero attached hydrogens (tertiary/aromatic N) is 4. The lowest BCUT2D eigenvalue weighted by Gasteiger charge is -2.15. The zero-order valence-electron chi connectivity index (χ0n) is 17.3. The van der Waals surface area contributed by atoms with Gasteiger partial charge in [0, 0.05) is 11.7 Å². The van der Waals surface area contributed by atoms with E-state index in [2.05, 4.69) is 20.5 Å². The molecule has 0 aliphatic heterocycles. The van der Waals surface area contributed by atoms with E-state index >= 15 is 0 Å². The van der Waals surface area contributed by atoms with E-state index in [4.69, 9.17) is 0 Å². The highest BCUT2D eigenvalue weighted by molar-refractivity contribution is 7.98. The van der Waals surface area contributed by atoms with Gasteiger partial charge in [0.25, 0.3) is 11.5 Å². The number of aromatic nitrogens is 4. The predicted octanol–water partition coefficient (Wildman–Crippen LogP) is 4.68. The van der Waals surface area contributed by atoms with Crippen LogP contribution in [0.1, 0.15) is 40.3 Å². The summed E-state index contributed by atoms with van der Waals surface area (Å²) in [4.78, 5) is 30.1. The minimum absolute atomic E-state index is 0.0302. The maximum absolute atomic E-state index is 12.9. The van der Waals surface area contributed by atoms with E-state index in [-0.39, 0.29) is 17.5 Å². The average Bonchev–Trinajstić information content (AvgIpc) is 3.23. The number of carbonyl (C=O) groups excluding carboxylic acids is 1. The van der Waals surface area contributed by atoms with Crippen LogP contribution in [0.2, 0.25) is 0 Å². The number of amides is 1. The number of rotatable bonds is 6. The number of nitrogens with one attached hydrogen (secondary N) is 1. The van der Waals surface area contributed by atoms with E-state index in [1.165, 1.54) is 23.1 Å². The van der Waals surface area contributed by atoms with Crippen molar-refractivity contribution in [2.24, 2.45) is 0 Å². The summed E-state index contributed by atoms with van der Waals surface area (Å²) in [5.74, 6) is 0.174. The molecule has 1 amide bonds. The van der Waals surface area contributed by atoms with Crippen molar-refractivity contribution >= 4 is 45.6 Å². The van der Waals surface area contributed by atoms with Gasteiger partial charge in [-0.3, -0.25) is 14.2 Å². The molecule has 0 spiro atoms. The monoisotopic (exact) mass is 451 g/mol. The highest BCUT2D eigenvalue weighted by atomic mass is 32.2. The summed E-state index contributed by atoms with van der Waals surface area (Å²) in [6, 6.07) is 14.9. The lowest BCUT2D eigenvalue weighted by atomic mass is 10.2. The Hall–Kier alpha value is -3.04. The predicted molar refractivity (Wildman–Crippen MR) is 125 cm³/mol. The van der Waals surface area contributed by atoms with Gasteiger partial charge in [-0.2, -0.15) is 0 Å². The molecule has 0 saturated heterocycles. The zero-order valence-corrected chi connectivity index (χ0v) is 19.0. The van der Waals surface area contributed by atoms with Gasteiger partial charge in [0.1, 0.15) is 5.01 Å². The molecule has 4 rings (SSSR count). The Labute approximate surface area is 187 Å². The van der Waals surface area contributed by atoms with Crippen molar-refractivity contribution in [2.75, 3.05) is 5.32 Å². The Morgan fingerprint density at radius 1 is 1.13 bits per heavy atom. The number of fused-ring (bicyclic) bond motifs is 1. The second kappa shape index (κ2) is 8.99. The summed E-state index contributed by atoms with van der Waals surface area (Å²) in [5, 5.41) is 13.2. The summed E-state index contributed by atoms with van der Waals surface area (Å²) in [7, 11) is 0. The van der Waals surface area contributed by atoms with Gasteiger partial charge < -0.3 is 5.32 Å². The smallest absolute Gasteiger partial charge is 0.286 e. The molecule has 2 aromatic carbocycles. The normalized spacial score (nSPS) is 11.2. The minimum atomic E-state index is -0.291. The largest absolute Gasteiger partial charge is 0.320 e. The van der Waals surface area contributed by atoms with Crippen LogP contribution in [-0.2, 0) is 5.75 Å². The fourth-order valence-corrected chi connectivity index (χ4v) is 4.88. The third kappa shape index (κ3) is 4.67. The summed E-state index contributed by atoms with van der Waals surface area (Å²) >= 11 is 2.65. The zero-order chi connectivity index (χ0) is 22.0. The van der Waals surface area contributed by atoms with E-state index in [0.717, 1.165) is 5.56 Å². The van der Waals surface area contributed by atoms with Crippen molar-refractivity contribution in [3.63, 3.8) is 0 Å². The molecule has 0 unspecified atom stereocenters. The molecular formula is C22H21N5O2S2. The molecule has 4 aromatic rings. The Kier molecular flexibility index (Phi) is 6.15. The van der Waals surface area contributed by atoms with E-state index < -0.39 is 0 Å². The summed E-state index contributed by atoms with van der Waals surface area (Å²) in [5.41, 5.74) is 2.44. The third-order valence-corrected chi connectivity index (χ3v) is 6.66. The van der Waals surface area contributed by atoms with Crippen LogP contribution in [0.4, 0.5) is 5.69 Å². The second-order valence-corrected chi connectivity index (χ2v) is 9.29. The van der Waals surface area contributed by atoms with Crippen molar-refractivity contribution in [3.05, 3.63) is 74.5 Å². The number of benzene rings is 2. The first kappa shape index (κ1) is 21.2. The summed E-state index contributed by atoms with van der Waals surface area (Å²) in [6.07, 6.45) is 0. The van der Waals surface area contributed by atoms with Crippen molar-refractivity contribution in [3.8, 4) is 0 Å². The number of thioether (sulfide) groups is 1. The van der Waals surface area contributed by atoms with Crippen LogP contribution in [0.3, 0.4) is 0 Å². The molecular weight excluding hydrogens is 430 g/mol. The Morgan fingerprint density at radius 2 is 1.87 bits per heavy atom. The first-order valence-corrected chi connectivity index (χ1v) is 11.6. The molecule has 9 heteroatoms. The Balaban J connectivity index is 1.51. The van der Waals surface area contributed by atoms with Gasteiger partial charge in [0.2, 0.25) is 5.01 Å². The van der Waals surface area contributed by atoms with Crippen LogP contribution in [0.5, 0.6) is 0 Å². The number of anilines is 1. The fourth-order valence-electron chi connectivity index (χ4n) is 3.03. The molecule has 2 heterocycles.